The molecule has 2 heterocycles. The average molecular weight is 279 g/mol. The second-order valence-corrected chi connectivity index (χ2v) is 4.77. The highest BCUT2D eigenvalue weighted by Crippen LogP contribution is 2.28. The van der Waals surface area contributed by atoms with Gasteiger partial charge in [0.25, 0.3) is 0 Å². The molecule has 0 saturated heterocycles. The summed E-state index contributed by atoms with van der Waals surface area (Å²) in [5.41, 5.74) is 2.32. The van der Waals surface area contributed by atoms with E-state index < -0.39 is 0 Å². The summed E-state index contributed by atoms with van der Waals surface area (Å²) in [5.74, 6) is 0.449. The van der Waals surface area contributed by atoms with Gasteiger partial charge in [-0.3, -0.25) is 4.98 Å². The number of halogens is 1. The third-order valence-electron chi connectivity index (χ3n) is 3.44. The molecule has 0 amide bonds. The van der Waals surface area contributed by atoms with Gasteiger partial charge < -0.3 is 5.32 Å². The van der Waals surface area contributed by atoms with Crippen molar-refractivity contribution in [2.24, 2.45) is 0 Å². The van der Waals surface area contributed by atoms with Gasteiger partial charge >= 0.3 is 0 Å². The Morgan fingerprint density at radius 1 is 1.14 bits per heavy atom. The highest BCUT2D eigenvalue weighted by molar-refractivity contribution is 5.88. The molecule has 4 heteroatoms. The maximum Gasteiger partial charge on any atom is 0.145 e. The third-order valence-corrected chi connectivity index (χ3v) is 3.44. The molecule has 3 rings (SSSR count). The minimum Gasteiger partial charge on any atom is -0.347 e. The van der Waals surface area contributed by atoms with E-state index in [4.69, 9.17) is 0 Å². The molecule has 3 aromatic rings. The number of hydrogen-bond donors (Lipinski definition) is 1. The van der Waals surface area contributed by atoms with Crippen LogP contribution in [0.3, 0.4) is 0 Å². The van der Waals surface area contributed by atoms with Crippen molar-refractivity contribution in [3.05, 3.63) is 67.0 Å². The van der Waals surface area contributed by atoms with Crippen LogP contribution in [0.1, 0.15) is 5.56 Å². The summed E-state index contributed by atoms with van der Waals surface area (Å²) >= 11 is 0. The lowest BCUT2D eigenvalue weighted by molar-refractivity contribution is 0.613. The minimum absolute atomic E-state index is 0.295. The van der Waals surface area contributed by atoms with Crippen LogP contribution in [0.4, 0.5) is 10.2 Å². The maximum absolute atomic E-state index is 13.6. The van der Waals surface area contributed by atoms with Gasteiger partial charge in [-0.2, -0.15) is 0 Å². The summed E-state index contributed by atoms with van der Waals surface area (Å²) in [6, 6.07) is 7.88. The van der Waals surface area contributed by atoms with Gasteiger partial charge in [-0.05, 0) is 41.8 Å². The van der Waals surface area contributed by atoms with Crippen molar-refractivity contribution in [1.29, 1.82) is 0 Å². The average Bonchev–Trinajstić information content (AvgIpc) is 2.50. The van der Waals surface area contributed by atoms with Crippen LogP contribution < -0.4 is 5.32 Å². The minimum atomic E-state index is -0.295. The first-order valence-corrected chi connectivity index (χ1v) is 6.57. The Balaban J connectivity index is 2.11. The van der Waals surface area contributed by atoms with Crippen molar-refractivity contribution in [3.8, 4) is 11.1 Å². The zero-order valence-corrected chi connectivity index (χ0v) is 11.6. The number of nitrogens with zero attached hydrogens (tertiary/aromatic N) is 2. The number of nitrogens with one attached hydrogen (secondary N) is 1. The van der Waals surface area contributed by atoms with Crippen LogP contribution >= 0.6 is 0 Å². The van der Waals surface area contributed by atoms with Crippen LogP contribution in [0.5, 0.6) is 0 Å². The third kappa shape index (κ3) is 2.48. The Hall–Kier alpha value is -2.75. The Labute approximate surface area is 122 Å². The molecule has 0 unspecified atom stereocenters. The molecule has 104 valence electrons. The number of benzene rings is 1. The lowest BCUT2D eigenvalue weighted by Gasteiger charge is -2.08. The summed E-state index contributed by atoms with van der Waals surface area (Å²) in [7, 11) is 0. The SMILES string of the molecule is C=CNc1cc2ccc(-c3cncc(F)c3C)cc2cn1. The van der Waals surface area contributed by atoms with Gasteiger partial charge in [-0.1, -0.05) is 18.7 Å². The van der Waals surface area contributed by atoms with Crippen molar-refractivity contribution in [2.45, 2.75) is 6.92 Å². The first-order valence-electron chi connectivity index (χ1n) is 6.57. The largest absolute Gasteiger partial charge is 0.347 e. The van der Waals surface area contributed by atoms with Gasteiger partial charge in [-0.15, -0.1) is 0 Å². The van der Waals surface area contributed by atoms with Crippen LogP contribution in [-0.2, 0) is 0 Å². The second kappa shape index (κ2) is 5.32. The van der Waals surface area contributed by atoms with Crippen LogP contribution in [-0.4, -0.2) is 9.97 Å². The molecule has 0 aliphatic heterocycles. The molecule has 1 aromatic carbocycles. The Morgan fingerprint density at radius 2 is 2.00 bits per heavy atom. The fourth-order valence-corrected chi connectivity index (χ4v) is 2.28. The molecule has 0 aliphatic rings. The second-order valence-electron chi connectivity index (χ2n) is 4.77. The summed E-state index contributed by atoms with van der Waals surface area (Å²) in [4.78, 5) is 8.23. The van der Waals surface area contributed by atoms with Gasteiger partial charge in [0.2, 0.25) is 0 Å². The van der Waals surface area contributed by atoms with E-state index in [-0.39, 0.29) is 5.82 Å². The van der Waals surface area contributed by atoms with E-state index >= 15 is 0 Å². The van der Waals surface area contributed by atoms with Crippen molar-refractivity contribution >= 4 is 16.6 Å². The quantitative estimate of drug-likeness (QED) is 0.776. The summed E-state index contributed by atoms with van der Waals surface area (Å²) in [6.45, 7) is 5.37. The number of hydrogen-bond acceptors (Lipinski definition) is 3. The van der Waals surface area contributed by atoms with Crippen LogP contribution in [0.15, 0.2) is 55.6 Å². The topological polar surface area (TPSA) is 37.8 Å². The molecule has 3 nitrogen and oxygen atoms in total. The molecule has 21 heavy (non-hydrogen) atoms. The molecular formula is C17H14FN3. The van der Waals surface area contributed by atoms with E-state index in [0.29, 0.717) is 5.56 Å². The van der Waals surface area contributed by atoms with Crippen molar-refractivity contribution < 1.29 is 4.39 Å². The number of fused-ring (bicyclic) bond motifs is 1. The van der Waals surface area contributed by atoms with E-state index in [1.165, 1.54) is 6.20 Å². The van der Waals surface area contributed by atoms with Crippen LogP contribution in [0.25, 0.3) is 21.9 Å². The molecule has 0 radical (unpaired) electrons. The predicted molar refractivity (Wildman–Crippen MR) is 83.5 cm³/mol. The van der Waals surface area contributed by atoms with Crippen molar-refractivity contribution in [1.82, 2.24) is 9.97 Å². The highest BCUT2D eigenvalue weighted by Gasteiger charge is 2.07. The summed E-state index contributed by atoms with van der Waals surface area (Å²) < 4.78 is 13.6. The Bertz CT molecular complexity index is 827. The first kappa shape index (κ1) is 13.2. The highest BCUT2D eigenvalue weighted by atomic mass is 19.1. The molecule has 0 aliphatic carbocycles. The van der Waals surface area contributed by atoms with Crippen LogP contribution in [0, 0.1) is 12.7 Å². The summed E-state index contributed by atoms with van der Waals surface area (Å²) in [6.07, 6.45) is 6.28. The molecule has 1 N–H and O–H groups in total. The molecule has 0 saturated carbocycles. The van der Waals surface area contributed by atoms with Gasteiger partial charge in [0.05, 0.1) is 6.20 Å². The van der Waals surface area contributed by atoms with E-state index in [0.717, 1.165) is 27.7 Å². The maximum atomic E-state index is 13.6. The molecule has 2 aromatic heterocycles. The lowest BCUT2D eigenvalue weighted by atomic mass is 10.00. The molecular weight excluding hydrogens is 265 g/mol. The summed E-state index contributed by atoms with van der Waals surface area (Å²) in [5, 5.41) is 5.00. The predicted octanol–water partition coefficient (Wildman–Crippen LogP) is 4.30. The fourth-order valence-electron chi connectivity index (χ4n) is 2.28. The molecule has 0 fully saturated rings. The van der Waals surface area contributed by atoms with Crippen LogP contribution in [0.2, 0.25) is 0 Å². The normalized spacial score (nSPS) is 10.6. The Kier molecular flexibility index (Phi) is 3.36. The zero-order chi connectivity index (χ0) is 14.8. The van der Waals surface area contributed by atoms with E-state index in [1.54, 1.807) is 25.5 Å². The monoisotopic (exact) mass is 279 g/mol. The smallest absolute Gasteiger partial charge is 0.145 e. The lowest BCUT2D eigenvalue weighted by Crippen LogP contribution is -1.92. The number of pyridine rings is 2. The van der Waals surface area contributed by atoms with Gasteiger partial charge in [0.1, 0.15) is 11.6 Å². The standard InChI is InChI=1S/C17H14FN3/c1-3-20-17-7-12-4-5-13(6-14(12)8-21-17)15-9-19-10-16(18)11(15)2/h3-10H,1H2,2H3,(H,20,21). The fraction of sp³-hybridized carbons (Fsp3) is 0.0588. The number of aromatic nitrogens is 2. The molecule has 0 bridgehead atoms. The molecule has 0 spiro atoms. The van der Waals surface area contributed by atoms with Crippen molar-refractivity contribution in [3.63, 3.8) is 0 Å². The number of anilines is 1. The molecule has 0 atom stereocenters. The first-order chi connectivity index (χ1) is 10.2. The van der Waals surface area contributed by atoms with Crippen molar-refractivity contribution in [2.75, 3.05) is 5.32 Å². The van der Waals surface area contributed by atoms with E-state index in [2.05, 4.69) is 21.9 Å². The zero-order valence-electron chi connectivity index (χ0n) is 11.6. The number of rotatable bonds is 3. The van der Waals surface area contributed by atoms with E-state index in [1.807, 2.05) is 24.3 Å². The van der Waals surface area contributed by atoms with Gasteiger partial charge in [0, 0.05) is 23.3 Å². The Morgan fingerprint density at radius 3 is 2.81 bits per heavy atom. The van der Waals surface area contributed by atoms with Gasteiger partial charge in [0.15, 0.2) is 0 Å². The van der Waals surface area contributed by atoms with E-state index in [9.17, 15) is 4.39 Å². The van der Waals surface area contributed by atoms with Gasteiger partial charge in [-0.25, -0.2) is 9.37 Å².